The number of hydrogen-bond donors (Lipinski definition) is 2. The van der Waals surface area contributed by atoms with Crippen molar-refractivity contribution < 1.29 is 0 Å². The smallest absolute Gasteiger partial charge is 0.0184 e. The molecule has 1 aromatic carbocycles. The van der Waals surface area contributed by atoms with Gasteiger partial charge < -0.3 is 5.73 Å². The van der Waals surface area contributed by atoms with E-state index in [1.165, 1.54) is 11.1 Å². The zero-order valence-corrected chi connectivity index (χ0v) is 7.80. The van der Waals surface area contributed by atoms with Gasteiger partial charge >= 0.3 is 0 Å². The number of thiol groups is 1. The molecule has 0 fully saturated rings. The van der Waals surface area contributed by atoms with E-state index in [-0.39, 0.29) is 0 Å². The molecule has 0 aliphatic heterocycles. The standard InChI is InChI=1S/C10H13NS/c11-8-10-5-2-1-4-9(10)6-3-7-12/h1-6,12H,7-8,11H2. The predicted octanol–water partition coefficient (Wildman–Crippen LogP) is 2.09. The van der Waals surface area contributed by atoms with E-state index in [9.17, 15) is 0 Å². The van der Waals surface area contributed by atoms with Crippen LogP contribution in [0.5, 0.6) is 0 Å². The summed E-state index contributed by atoms with van der Waals surface area (Å²) in [6.07, 6.45) is 4.06. The Labute approximate surface area is 78.7 Å². The Morgan fingerprint density at radius 1 is 1.33 bits per heavy atom. The molecule has 0 radical (unpaired) electrons. The number of benzene rings is 1. The first-order chi connectivity index (χ1) is 5.88. The van der Waals surface area contributed by atoms with Crippen molar-refractivity contribution in [1.29, 1.82) is 0 Å². The van der Waals surface area contributed by atoms with Gasteiger partial charge in [0.1, 0.15) is 0 Å². The third-order valence-electron chi connectivity index (χ3n) is 1.68. The molecule has 64 valence electrons. The second kappa shape index (κ2) is 5.01. The third-order valence-corrected chi connectivity index (χ3v) is 1.89. The van der Waals surface area contributed by atoms with Crippen molar-refractivity contribution in [2.24, 2.45) is 5.73 Å². The highest BCUT2D eigenvalue weighted by molar-refractivity contribution is 7.80. The Morgan fingerprint density at radius 3 is 2.75 bits per heavy atom. The molecule has 0 saturated heterocycles. The van der Waals surface area contributed by atoms with Crippen LogP contribution in [0.25, 0.3) is 6.08 Å². The van der Waals surface area contributed by atoms with Gasteiger partial charge in [0.15, 0.2) is 0 Å². The molecule has 0 saturated carbocycles. The molecule has 2 heteroatoms. The fraction of sp³-hybridized carbons (Fsp3) is 0.200. The zero-order valence-electron chi connectivity index (χ0n) is 6.90. The van der Waals surface area contributed by atoms with Crippen molar-refractivity contribution in [3.05, 3.63) is 41.5 Å². The summed E-state index contributed by atoms with van der Waals surface area (Å²) in [5.41, 5.74) is 7.93. The summed E-state index contributed by atoms with van der Waals surface area (Å²) in [4.78, 5) is 0. The van der Waals surface area contributed by atoms with Crippen LogP contribution >= 0.6 is 12.6 Å². The molecule has 1 nitrogen and oxygen atoms in total. The van der Waals surface area contributed by atoms with Crippen molar-refractivity contribution >= 4 is 18.7 Å². The molecule has 0 spiro atoms. The highest BCUT2D eigenvalue weighted by atomic mass is 32.1. The van der Waals surface area contributed by atoms with Crippen LogP contribution in [0.3, 0.4) is 0 Å². The quantitative estimate of drug-likeness (QED) is 0.683. The second-order valence-electron chi connectivity index (χ2n) is 2.49. The molecule has 0 aromatic heterocycles. The molecule has 0 bridgehead atoms. The van der Waals surface area contributed by atoms with E-state index in [1.54, 1.807) is 0 Å². The van der Waals surface area contributed by atoms with Gasteiger partial charge in [0.05, 0.1) is 0 Å². The van der Waals surface area contributed by atoms with Gasteiger partial charge in [-0.1, -0.05) is 36.4 Å². The lowest BCUT2D eigenvalue weighted by Gasteiger charge is -2.00. The van der Waals surface area contributed by atoms with Gasteiger partial charge in [-0.25, -0.2) is 0 Å². The number of nitrogens with two attached hydrogens (primary N) is 1. The third kappa shape index (κ3) is 2.40. The molecule has 0 atom stereocenters. The highest BCUT2D eigenvalue weighted by Crippen LogP contribution is 2.09. The van der Waals surface area contributed by atoms with E-state index in [0.717, 1.165) is 5.75 Å². The van der Waals surface area contributed by atoms with Crippen LogP contribution in [0.4, 0.5) is 0 Å². The van der Waals surface area contributed by atoms with Crippen LogP contribution in [-0.2, 0) is 6.54 Å². The van der Waals surface area contributed by atoms with Crippen molar-refractivity contribution in [3.63, 3.8) is 0 Å². The van der Waals surface area contributed by atoms with E-state index in [1.807, 2.05) is 24.3 Å². The van der Waals surface area contributed by atoms with E-state index in [0.29, 0.717) is 6.54 Å². The van der Waals surface area contributed by atoms with Crippen LogP contribution in [0.1, 0.15) is 11.1 Å². The molecule has 12 heavy (non-hydrogen) atoms. The Balaban J connectivity index is 2.89. The Hall–Kier alpha value is -0.730. The first-order valence-corrected chi connectivity index (χ1v) is 4.57. The molecule has 2 N–H and O–H groups in total. The first kappa shape index (κ1) is 9.36. The lowest BCUT2D eigenvalue weighted by Crippen LogP contribution is -1.98. The predicted molar refractivity (Wildman–Crippen MR) is 57.2 cm³/mol. The summed E-state index contributed by atoms with van der Waals surface area (Å²) in [6.45, 7) is 0.590. The van der Waals surface area contributed by atoms with E-state index >= 15 is 0 Å². The van der Waals surface area contributed by atoms with Gasteiger partial charge in [-0.3, -0.25) is 0 Å². The number of hydrogen-bond acceptors (Lipinski definition) is 2. The summed E-state index contributed by atoms with van der Waals surface area (Å²) in [7, 11) is 0. The maximum Gasteiger partial charge on any atom is 0.0184 e. The van der Waals surface area contributed by atoms with Crippen molar-refractivity contribution in [2.45, 2.75) is 6.54 Å². The fourth-order valence-corrected chi connectivity index (χ4v) is 1.17. The van der Waals surface area contributed by atoms with Crippen molar-refractivity contribution in [1.82, 2.24) is 0 Å². The first-order valence-electron chi connectivity index (χ1n) is 3.94. The molecule has 0 aliphatic carbocycles. The summed E-state index contributed by atoms with van der Waals surface area (Å²) < 4.78 is 0. The molecule has 0 amide bonds. The van der Waals surface area contributed by atoms with Gasteiger partial charge in [-0.2, -0.15) is 12.6 Å². The van der Waals surface area contributed by atoms with E-state index in [4.69, 9.17) is 5.73 Å². The largest absolute Gasteiger partial charge is 0.326 e. The second-order valence-corrected chi connectivity index (χ2v) is 2.85. The average molecular weight is 179 g/mol. The Morgan fingerprint density at radius 2 is 2.08 bits per heavy atom. The number of rotatable bonds is 3. The van der Waals surface area contributed by atoms with Gasteiger partial charge in [-0.15, -0.1) is 0 Å². The fourth-order valence-electron chi connectivity index (χ4n) is 1.06. The van der Waals surface area contributed by atoms with Crippen LogP contribution in [0, 0.1) is 0 Å². The lowest BCUT2D eigenvalue weighted by molar-refractivity contribution is 1.07. The molecular weight excluding hydrogens is 166 g/mol. The molecule has 0 heterocycles. The minimum Gasteiger partial charge on any atom is -0.326 e. The van der Waals surface area contributed by atoms with Crippen molar-refractivity contribution in [3.8, 4) is 0 Å². The van der Waals surface area contributed by atoms with Gasteiger partial charge in [0.25, 0.3) is 0 Å². The molecule has 1 aromatic rings. The highest BCUT2D eigenvalue weighted by Gasteiger charge is 1.93. The van der Waals surface area contributed by atoms with Crippen LogP contribution in [0.2, 0.25) is 0 Å². The SMILES string of the molecule is NCc1ccccc1C=CCS. The summed E-state index contributed by atoms with van der Waals surface area (Å²) >= 11 is 4.10. The van der Waals surface area contributed by atoms with Crippen LogP contribution in [-0.4, -0.2) is 5.75 Å². The van der Waals surface area contributed by atoms with Gasteiger partial charge in [0.2, 0.25) is 0 Å². The normalized spacial score (nSPS) is 10.8. The van der Waals surface area contributed by atoms with Crippen LogP contribution in [0.15, 0.2) is 30.3 Å². The summed E-state index contributed by atoms with van der Waals surface area (Å²) in [5.74, 6) is 0.763. The van der Waals surface area contributed by atoms with E-state index < -0.39 is 0 Å². The molecule has 1 rings (SSSR count). The van der Waals surface area contributed by atoms with Gasteiger partial charge in [0, 0.05) is 12.3 Å². The van der Waals surface area contributed by atoms with Crippen LogP contribution < -0.4 is 5.73 Å². The van der Waals surface area contributed by atoms with Gasteiger partial charge in [-0.05, 0) is 11.1 Å². The van der Waals surface area contributed by atoms with Crippen molar-refractivity contribution in [2.75, 3.05) is 5.75 Å². The minimum atomic E-state index is 0.590. The summed E-state index contributed by atoms with van der Waals surface area (Å²) in [5, 5.41) is 0. The monoisotopic (exact) mass is 179 g/mol. The maximum atomic E-state index is 5.57. The molecule has 0 aliphatic rings. The molecule has 0 unspecified atom stereocenters. The Kier molecular flexibility index (Phi) is 3.91. The lowest BCUT2D eigenvalue weighted by atomic mass is 10.1. The topological polar surface area (TPSA) is 26.0 Å². The minimum absolute atomic E-state index is 0.590. The zero-order chi connectivity index (χ0) is 8.81. The summed E-state index contributed by atoms with van der Waals surface area (Å²) in [6, 6.07) is 8.11. The maximum absolute atomic E-state index is 5.57. The Bertz CT molecular complexity index is 268. The average Bonchev–Trinajstić information content (AvgIpc) is 2.15. The van der Waals surface area contributed by atoms with E-state index in [2.05, 4.69) is 24.8 Å². The molecular formula is C10H13NS.